The molecule has 0 aliphatic carbocycles. The van der Waals surface area contributed by atoms with Gasteiger partial charge in [-0.3, -0.25) is 9.69 Å². The summed E-state index contributed by atoms with van der Waals surface area (Å²) in [6.07, 6.45) is 1.11. The maximum Gasteiger partial charge on any atom is 0.238 e. The highest BCUT2D eigenvalue weighted by molar-refractivity contribution is 5.92. The van der Waals surface area contributed by atoms with Crippen LogP contribution in [0.25, 0.3) is 0 Å². The van der Waals surface area contributed by atoms with Crippen molar-refractivity contribution >= 4 is 17.3 Å². The molecule has 3 N–H and O–H groups in total. The maximum atomic E-state index is 12.1. The first kappa shape index (κ1) is 15.8. The Morgan fingerprint density at radius 1 is 1.43 bits per heavy atom. The molecule has 2 rings (SSSR count). The van der Waals surface area contributed by atoms with Crippen LogP contribution in [-0.2, 0) is 4.79 Å². The zero-order valence-electron chi connectivity index (χ0n) is 13.2. The number of hydrogen-bond donors (Lipinski definition) is 2. The number of nitrogens with two attached hydrogens (primary N) is 1. The Balaban J connectivity index is 1.88. The molecule has 1 aliphatic rings. The number of likely N-dealkylation sites (N-methyl/N-ethyl adjacent to an activating group) is 1. The van der Waals surface area contributed by atoms with Gasteiger partial charge in [0.2, 0.25) is 5.91 Å². The van der Waals surface area contributed by atoms with Gasteiger partial charge in [-0.1, -0.05) is 13.0 Å². The summed E-state index contributed by atoms with van der Waals surface area (Å²) in [6, 6.07) is 6.17. The molecule has 0 bridgehead atoms. The van der Waals surface area contributed by atoms with Crippen molar-refractivity contribution in [1.29, 1.82) is 0 Å². The number of aryl methyl sites for hydroxylation is 1. The Morgan fingerprint density at radius 2 is 2.19 bits per heavy atom. The zero-order chi connectivity index (χ0) is 15.4. The van der Waals surface area contributed by atoms with E-state index in [2.05, 4.69) is 29.1 Å². The second-order valence-corrected chi connectivity index (χ2v) is 5.90. The SMILES string of the molecule is CCC1CN(CC(=O)Nc2ccc(C)c(N)c2)CCN1C. The Labute approximate surface area is 127 Å². The van der Waals surface area contributed by atoms with E-state index >= 15 is 0 Å². The van der Waals surface area contributed by atoms with Crippen LogP contribution >= 0.6 is 0 Å². The van der Waals surface area contributed by atoms with E-state index in [1.165, 1.54) is 0 Å². The lowest BCUT2D eigenvalue weighted by atomic mass is 10.1. The molecule has 0 saturated carbocycles. The first-order valence-electron chi connectivity index (χ1n) is 7.58. The second kappa shape index (κ2) is 6.91. The third-order valence-electron chi connectivity index (χ3n) is 4.26. The summed E-state index contributed by atoms with van der Waals surface area (Å²) >= 11 is 0. The third kappa shape index (κ3) is 4.19. The van der Waals surface area contributed by atoms with Crippen LogP contribution in [0.15, 0.2) is 18.2 Å². The molecule has 1 unspecified atom stereocenters. The highest BCUT2D eigenvalue weighted by atomic mass is 16.2. The predicted molar refractivity (Wildman–Crippen MR) is 87.4 cm³/mol. The van der Waals surface area contributed by atoms with Gasteiger partial charge in [-0.15, -0.1) is 0 Å². The highest BCUT2D eigenvalue weighted by Crippen LogP contribution is 2.17. The lowest BCUT2D eigenvalue weighted by molar-refractivity contribution is -0.118. The number of nitrogens with one attached hydrogen (secondary N) is 1. The molecule has 1 aromatic carbocycles. The van der Waals surface area contributed by atoms with E-state index in [4.69, 9.17) is 5.73 Å². The standard InChI is InChI=1S/C16H26N4O/c1-4-14-10-20(8-7-19(14)3)11-16(21)18-13-6-5-12(2)15(17)9-13/h5-6,9,14H,4,7-8,10-11,17H2,1-3H3,(H,18,21). The van der Waals surface area contributed by atoms with Crippen LogP contribution < -0.4 is 11.1 Å². The number of benzene rings is 1. The van der Waals surface area contributed by atoms with Gasteiger partial charge in [-0.05, 0) is 38.1 Å². The summed E-state index contributed by atoms with van der Waals surface area (Å²) in [5.41, 5.74) is 8.37. The van der Waals surface area contributed by atoms with E-state index in [9.17, 15) is 4.79 Å². The van der Waals surface area contributed by atoms with Gasteiger partial charge in [-0.2, -0.15) is 0 Å². The van der Waals surface area contributed by atoms with E-state index in [0.29, 0.717) is 18.3 Å². The van der Waals surface area contributed by atoms with Gasteiger partial charge < -0.3 is 16.0 Å². The van der Waals surface area contributed by atoms with Crippen LogP contribution in [0.5, 0.6) is 0 Å². The number of rotatable bonds is 4. The lowest BCUT2D eigenvalue weighted by Gasteiger charge is -2.38. The van der Waals surface area contributed by atoms with E-state index in [0.717, 1.165) is 37.3 Å². The topological polar surface area (TPSA) is 61.6 Å². The van der Waals surface area contributed by atoms with Crippen LogP contribution in [0.4, 0.5) is 11.4 Å². The molecule has 1 amide bonds. The van der Waals surface area contributed by atoms with Crippen LogP contribution in [0.2, 0.25) is 0 Å². The summed E-state index contributed by atoms with van der Waals surface area (Å²) in [4.78, 5) is 16.7. The molecular weight excluding hydrogens is 264 g/mol. The summed E-state index contributed by atoms with van der Waals surface area (Å²) in [6.45, 7) is 7.50. The summed E-state index contributed by atoms with van der Waals surface area (Å²) < 4.78 is 0. The minimum atomic E-state index is 0.0256. The predicted octanol–water partition coefficient (Wildman–Crippen LogP) is 1.54. The van der Waals surface area contributed by atoms with Gasteiger partial charge in [0.25, 0.3) is 0 Å². The molecule has 1 atom stereocenters. The van der Waals surface area contributed by atoms with Gasteiger partial charge in [0, 0.05) is 37.1 Å². The maximum absolute atomic E-state index is 12.1. The molecule has 1 saturated heterocycles. The van der Waals surface area contributed by atoms with Crippen molar-refractivity contribution < 1.29 is 4.79 Å². The van der Waals surface area contributed by atoms with Crippen LogP contribution in [0, 0.1) is 6.92 Å². The first-order chi connectivity index (χ1) is 9.99. The van der Waals surface area contributed by atoms with Crippen molar-refractivity contribution in [3.63, 3.8) is 0 Å². The average molecular weight is 290 g/mol. The number of nitrogens with zero attached hydrogens (tertiary/aromatic N) is 2. The van der Waals surface area contributed by atoms with Crippen LogP contribution in [-0.4, -0.2) is 55.0 Å². The number of piperazine rings is 1. The fourth-order valence-electron chi connectivity index (χ4n) is 2.72. The summed E-state index contributed by atoms with van der Waals surface area (Å²) in [5.74, 6) is 0.0256. The van der Waals surface area contributed by atoms with Gasteiger partial charge in [0.05, 0.1) is 6.54 Å². The minimum absolute atomic E-state index is 0.0256. The van der Waals surface area contributed by atoms with Crippen molar-refractivity contribution in [2.75, 3.05) is 44.3 Å². The van der Waals surface area contributed by atoms with Gasteiger partial charge in [-0.25, -0.2) is 0 Å². The lowest BCUT2D eigenvalue weighted by Crippen LogP contribution is -2.52. The third-order valence-corrected chi connectivity index (χ3v) is 4.26. The number of hydrogen-bond acceptors (Lipinski definition) is 4. The largest absolute Gasteiger partial charge is 0.398 e. The van der Waals surface area contributed by atoms with E-state index < -0.39 is 0 Å². The summed E-state index contributed by atoms with van der Waals surface area (Å²) in [5, 5.41) is 2.93. The molecular formula is C16H26N4O. The number of nitrogen functional groups attached to an aromatic ring is 1. The fraction of sp³-hybridized carbons (Fsp3) is 0.562. The normalized spacial score (nSPS) is 20.4. The Kier molecular flexibility index (Phi) is 5.20. The molecule has 1 aromatic rings. The smallest absolute Gasteiger partial charge is 0.238 e. The Bertz CT molecular complexity index is 503. The van der Waals surface area contributed by atoms with Gasteiger partial charge in [0.1, 0.15) is 0 Å². The van der Waals surface area contributed by atoms with Gasteiger partial charge in [0.15, 0.2) is 0 Å². The Hall–Kier alpha value is -1.59. The number of carbonyl (C=O) groups is 1. The molecule has 1 heterocycles. The van der Waals surface area contributed by atoms with Crippen LogP contribution in [0.1, 0.15) is 18.9 Å². The van der Waals surface area contributed by atoms with Crippen LogP contribution in [0.3, 0.4) is 0 Å². The molecule has 5 nitrogen and oxygen atoms in total. The first-order valence-corrected chi connectivity index (χ1v) is 7.58. The molecule has 1 fully saturated rings. The van der Waals surface area contributed by atoms with Crippen molar-refractivity contribution in [1.82, 2.24) is 9.80 Å². The van der Waals surface area contributed by atoms with E-state index in [-0.39, 0.29) is 5.91 Å². The van der Waals surface area contributed by atoms with Gasteiger partial charge >= 0.3 is 0 Å². The zero-order valence-corrected chi connectivity index (χ0v) is 13.2. The molecule has 0 aromatic heterocycles. The monoisotopic (exact) mass is 290 g/mol. The quantitative estimate of drug-likeness (QED) is 0.826. The van der Waals surface area contributed by atoms with Crippen molar-refractivity contribution in [3.05, 3.63) is 23.8 Å². The molecule has 116 valence electrons. The Morgan fingerprint density at radius 3 is 2.86 bits per heavy atom. The number of anilines is 2. The molecule has 5 heteroatoms. The van der Waals surface area contributed by atoms with Crippen molar-refractivity contribution in [2.24, 2.45) is 0 Å². The van der Waals surface area contributed by atoms with E-state index in [1.54, 1.807) is 0 Å². The van der Waals surface area contributed by atoms with Crippen molar-refractivity contribution in [2.45, 2.75) is 26.3 Å². The molecule has 0 spiro atoms. The molecule has 21 heavy (non-hydrogen) atoms. The second-order valence-electron chi connectivity index (χ2n) is 5.90. The highest BCUT2D eigenvalue weighted by Gasteiger charge is 2.24. The molecule has 0 radical (unpaired) electrons. The number of amides is 1. The number of carbonyl (C=O) groups excluding carboxylic acids is 1. The van der Waals surface area contributed by atoms with E-state index in [1.807, 2.05) is 25.1 Å². The average Bonchev–Trinajstić information content (AvgIpc) is 2.45. The minimum Gasteiger partial charge on any atom is -0.398 e. The fourth-order valence-corrected chi connectivity index (χ4v) is 2.72. The molecule has 1 aliphatic heterocycles. The summed E-state index contributed by atoms with van der Waals surface area (Å²) in [7, 11) is 2.15. The van der Waals surface area contributed by atoms with Crippen molar-refractivity contribution in [3.8, 4) is 0 Å².